The highest BCUT2D eigenvalue weighted by Gasteiger charge is 2.22. The molecule has 3 rings (SSSR count). The average molecular weight is 351 g/mol. The zero-order valence-corrected chi connectivity index (χ0v) is 14.6. The second kappa shape index (κ2) is 6.79. The SMILES string of the molecule is Cc1ccc(-c2onc(C)c2C(=O)Nc2ccc(C)c([N+](=O)[O-])c2)cc1. The lowest BCUT2D eigenvalue weighted by atomic mass is 10.0. The number of aromatic nitrogens is 1. The average Bonchev–Trinajstić information content (AvgIpc) is 2.98. The first-order valence-corrected chi connectivity index (χ1v) is 7.96. The molecule has 0 saturated heterocycles. The van der Waals surface area contributed by atoms with Gasteiger partial charge in [0, 0.05) is 22.9 Å². The van der Waals surface area contributed by atoms with Crippen molar-refractivity contribution in [3.8, 4) is 11.3 Å². The van der Waals surface area contributed by atoms with E-state index in [1.165, 1.54) is 6.07 Å². The molecule has 0 spiro atoms. The van der Waals surface area contributed by atoms with E-state index >= 15 is 0 Å². The lowest BCUT2D eigenvalue weighted by Gasteiger charge is -2.07. The first-order valence-electron chi connectivity index (χ1n) is 7.96. The molecule has 132 valence electrons. The predicted octanol–water partition coefficient (Wildman–Crippen LogP) is 4.43. The third-order valence-electron chi connectivity index (χ3n) is 4.07. The number of hydrogen-bond donors (Lipinski definition) is 1. The van der Waals surface area contributed by atoms with Gasteiger partial charge >= 0.3 is 0 Å². The second-order valence-corrected chi connectivity index (χ2v) is 6.05. The molecular weight excluding hydrogens is 334 g/mol. The van der Waals surface area contributed by atoms with E-state index in [4.69, 9.17) is 4.52 Å². The number of carbonyl (C=O) groups excluding carboxylic acids is 1. The summed E-state index contributed by atoms with van der Waals surface area (Å²) < 4.78 is 5.34. The summed E-state index contributed by atoms with van der Waals surface area (Å²) in [6, 6.07) is 12.1. The van der Waals surface area contributed by atoms with Crippen LogP contribution in [0.5, 0.6) is 0 Å². The number of carbonyl (C=O) groups is 1. The Morgan fingerprint density at radius 2 is 1.81 bits per heavy atom. The number of hydrogen-bond acceptors (Lipinski definition) is 5. The molecule has 1 N–H and O–H groups in total. The van der Waals surface area contributed by atoms with Crippen LogP contribution in [0.25, 0.3) is 11.3 Å². The molecule has 26 heavy (non-hydrogen) atoms. The number of benzene rings is 2. The van der Waals surface area contributed by atoms with Gasteiger partial charge < -0.3 is 9.84 Å². The molecule has 0 aliphatic carbocycles. The monoisotopic (exact) mass is 351 g/mol. The Bertz CT molecular complexity index is 991. The minimum Gasteiger partial charge on any atom is -0.355 e. The molecular formula is C19H17N3O4. The minimum absolute atomic E-state index is 0.0522. The van der Waals surface area contributed by atoms with E-state index in [0.717, 1.165) is 11.1 Å². The largest absolute Gasteiger partial charge is 0.355 e. The van der Waals surface area contributed by atoms with Gasteiger partial charge in [0.1, 0.15) is 5.56 Å². The molecule has 0 unspecified atom stereocenters. The first kappa shape index (κ1) is 17.3. The van der Waals surface area contributed by atoms with E-state index in [-0.39, 0.29) is 5.69 Å². The third kappa shape index (κ3) is 3.32. The van der Waals surface area contributed by atoms with Crippen LogP contribution in [0.3, 0.4) is 0 Å². The van der Waals surface area contributed by atoms with Crippen molar-refractivity contribution < 1.29 is 14.2 Å². The molecule has 3 aromatic rings. The number of aryl methyl sites for hydroxylation is 3. The number of nitrogens with one attached hydrogen (secondary N) is 1. The van der Waals surface area contributed by atoms with Crippen LogP contribution in [0.4, 0.5) is 11.4 Å². The van der Waals surface area contributed by atoms with Crippen LogP contribution >= 0.6 is 0 Å². The standard InChI is InChI=1S/C19H17N3O4/c1-11-4-7-14(8-5-11)18-17(13(3)21-26-18)19(23)20-15-9-6-12(2)16(10-15)22(24)25/h4-10H,1-3H3,(H,20,23). The second-order valence-electron chi connectivity index (χ2n) is 6.05. The summed E-state index contributed by atoms with van der Waals surface area (Å²) in [5, 5.41) is 17.7. The van der Waals surface area contributed by atoms with Gasteiger partial charge in [0.25, 0.3) is 11.6 Å². The van der Waals surface area contributed by atoms with Gasteiger partial charge in [-0.2, -0.15) is 0 Å². The van der Waals surface area contributed by atoms with Crippen molar-refractivity contribution in [3.63, 3.8) is 0 Å². The summed E-state index contributed by atoms with van der Waals surface area (Å²) in [7, 11) is 0. The van der Waals surface area contributed by atoms with Crippen LogP contribution in [-0.4, -0.2) is 16.0 Å². The normalized spacial score (nSPS) is 10.6. The molecule has 0 atom stereocenters. The Balaban J connectivity index is 1.94. The van der Waals surface area contributed by atoms with Crippen LogP contribution in [0.15, 0.2) is 47.0 Å². The van der Waals surface area contributed by atoms with Gasteiger partial charge in [0.05, 0.1) is 10.6 Å². The molecule has 1 amide bonds. The summed E-state index contributed by atoms with van der Waals surface area (Å²) in [6.45, 7) is 5.28. The smallest absolute Gasteiger partial charge is 0.274 e. The maximum Gasteiger partial charge on any atom is 0.274 e. The molecule has 1 aromatic heterocycles. The molecule has 1 heterocycles. The lowest BCUT2D eigenvalue weighted by Crippen LogP contribution is -2.13. The van der Waals surface area contributed by atoms with Crippen LogP contribution in [-0.2, 0) is 0 Å². The highest BCUT2D eigenvalue weighted by atomic mass is 16.6. The number of rotatable bonds is 4. The summed E-state index contributed by atoms with van der Waals surface area (Å²) in [4.78, 5) is 23.3. The topological polar surface area (TPSA) is 98.3 Å². The Labute approximate surface area is 149 Å². The molecule has 7 heteroatoms. The van der Waals surface area contributed by atoms with Crippen LogP contribution in [0.1, 0.15) is 27.2 Å². The third-order valence-corrected chi connectivity index (χ3v) is 4.07. The maximum absolute atomic E-state index is 12.7. The Morgan fingerprint density at radius 1 is 1.12 bits per heavy atom. The number of amides is 1. The molecule has 0 bridgehead atoms. The summed E-state index contributed by atoms with van der Waals surface area (Å²) in [6.07, 6.45) is 0. The number of nitrogens with zero attached hydrogens (tertiary/aromatic N) is 2. The molecule has 2 aromatic carbocycles. The van der Waals surface area contributed by atoms with Crippen molar-refractivity contribution in [2.24, 2.45) is 0 Å². The summed E-state index contributed by atoms with van der Waals surface area (Å²) in [5.74, 6) is -0.0703. The first-order chi connectivity index (χ1) is 12.4. The van der Waals surface area contributed by atoms with E-state index in [1.54, 1.807) is 26.0 Å². The lowest BCUT2D eigenvalue weighted by molar-refractivity contribution is -0.385. The van der Waals surface area contributed by atoms with Gasteiger partial charge in [-0.1, -0.05) is 41.1 Å². The molecule has 0 aliphatic heterocycles. The highest BCUT2D eigenvalue weighted by Crippen LogP contribution is 2.28. The molecule has 0 fully saturated rings. The zero-order chi connectivity index (χ0) is 18.8. The molecule has 0 aliphatic rings. The quantitative estimate of drug-likeness (QED) is 0.554. The van der Waals surface area contributed by atoms with Gasteiger partial charge in [0.2, 0.25) is 0 Å². The summed E-state index contributed by atoms with van der Waals surface area (Å²) in [5.41, 5.74) is 3.37. The van der Waals surface area contributed by atoms with Gasteiger partial charge in [-0.05, 0) is 26.8 Å². The van der Waals surface area contributed by atoms with E-state index < -0.39 is 10.8 Å². The molecule has 7 nitrogen and oxygen atoms in total. The fourth-order valence-corrected chi connectivity index (χ4v) is 2.62. The van der Waals surface area contributed by atoms with E-state index in [1.807, 2.05) is 31.2 Å². The van der Waals surface area contributed by atoms with Gasteiger partial charge in [-0.15, -0.1) is 0 Å². The summed E-state index contributed by atoms with van der Waals surface area (Å²) >= 11 is 0. The highest BCUT2D eigenvalue weighted by molar-refractivity contribution is 6.08. The van der Waals surface area contributed by atoms with Gasteiger partial charge in [0.15, 0.2) is 5.76 Å². The van der Waals surface area contributed by atoms with Crippen molar-refractivity contribution in [3.05, 3.63) is 75.0 Å². The maximum atomic E-state index is 12.7. The fraction of sp³-hybridized carbons (Fsp3) is 0.158. The Hall–Kier alpha value is -3.48. The van der Waals surface area contributed by atoms with Crippen LogP contribution in [0.2, 0.25) is 0 Å². The van der Waals surface area contributed by atoms with Gasteiger partial charge in [-0.25, -0.2) is 0 Å². The Morgan fingerprint density at radius 3 is 2.46 bits per heavy atom. The van der Waals surface area contributed by atoms with Crippen LogP contribution < -0.4 is 5.32 Å². The Kier molecular flexibility index (Phi) is 4.53. The molecule has 0 radical (unpaired) electrons. The minimum atomic E-state index is -0.479. The van der Waals surface area contributed by atoms with Gasteiger partial charge in [-0.3, -0.25) is 14.9 Å². The van der Waals surface area contributed by atoms with E-state index in [2.05, 4.69) is 10.5 Å². The van der Waals surface area contributed by atoms with Crippen molar-refractivity contribution in [1.29, 1.82) is 0 Å². The van der Waals surface area contributed by atoms with E-state index in [0.29, 0.717) is 28.3 Å². The molecule has 0 saturated carbocycles. The number of nitro benzene ring substituents is 1. The van der Waals surface area contributed by atoms with Crippen molar-refractivity contribution in [1.82, 2.24) is 5.16 Å². The predicted molar refractivity (Wildman–Crippen MR) is 97.2 cm³/mol. The van der Waals surface area contributed by atoms with E-state index in [9.17, 15) is 14.9 Å². The van der Waals surface area contributed by atoms with Crippen molar-refractivity contribution >= 4 is 17.3 Å². The zero-order valence-electron chi connectivity index (χ0n) is 14.6. The fourth-order valence-electron chi connectivity index (χ4n) is 2.62. The number of nitro groups is 1. The van der Waals surface area contributed by atoms with Crippen molar-refractivity contribution in [2.75, 3.05) is 5.32 Å². The van der Waals surface area contributed by atoms with Crippen LogP contribution in [0, 0.1) is 30.9 Å². The van der Waals surface area contributed by atoms with Crippen molar-refractivity contribution in [2.45, 2.75) is 20.8 Å². The number of anilines is 1.